The van der Waals surface area contributed by atoms with Crippen LogP contribution in [0, 0.1) is 11.8 Å². The Morgan fingerprint density at radius 3 is 2.73 bits per heavy atom. The van der Waals surface area contributed by atoms with Gasteiger partial charge in [-0.1, -0.05) is 6.07 Å². The maximum atomic E-state index is 14.3. The number of nitrogens with zero attached hydrogens (tertiary/aromatic N) is 3. The summed E-state index contributed by atoms with van der Waals surface area (Å²) < 4.78 is 14.1. The molecule has 0 N–H and O–H groups in total. The van der Waals surface area contributed by atoms with Gasteiger partial charge < -0.3 is 23.8 Å². The molecule has 8 heteroatoms. The Kier molecular flexibility index (Phi) is 6.41. The van der Waals surface area contributed by atoms with E-state index in [1.54, 1.807) is 18.4 Å². The third-order valence-electron chi connectivity index (χ3n) is 9.18. The van der Waals surface area contributed by atoms with Crippen LogP contribution in [-0.4, -0.2) is 65.1 Å². The van der Waals surface area contributed by atoms with Gasteiger partial charge in [-0.3, -0.25) is 9.59 Å². The molecule has 7 rings (SSSR count). The summed E-state index contributed by atoms with van der Waals surface area (Å²) in [6, 6.07) is 10.8. The molecule has 0 saturated carbocycles. The van der Waals surface area contributed by atoms with Crippen LogP contribution in [0.3, 0.4) is 0 Å². The van der Waals surface area contributed by atoms with Gasteiger partial charge in [-0.2, -0.15) is 0 Å². The van der Waals surface area contributed by atoms with Crippen molar-refractivity contribution >= 4 is 23.2 Å². The van der Waals surface area contributed by atoms with E-state index in [0.29, 0.717) is 24.2 Å². The normalized spacial score (nSPS) is 23.5. The van der Waals surface area contributed by atoms with Crippen molar-refractivity contribution in [3.8, 4) is 33.2 Å². The van der Waals surface area contributed by atoms with E-state index in [-0.39, 0.29) is 18.1 Å². The average Bonchev–Trinajstić information content (AvgIpc) is 3.61. The Balaban J connectivity index is 1.28. The first-order chi connectivity index (χ1) is 19.4. The van der Waals surface area contributed by atoms with Crippen molar-refractivity contribution in [2.75, 3.05) is 26.7 Å². The van der Waals surface area contributed by atoms with Gasteiger partial charge in [0.25, 0.3) is 5.91 Å². The fourth-order valence-corrected chi connectivity index (χ4v) is 8.32. The molecule has 4 aliphatic heterocycles. The maximum Gasteiger partial charge on any atom is 0.270 e. The summed E-state index contributed by atoms with van der Waals surface area (Å²) in [5.41, 5.74) is 5.27. The number of thiophene rings is 1. The Bertz CT molecular complexity index is 1460. The summed E-state index contributed by atoms with van der Waals surface area (Å²) in [5, 5.41) is 2.09. The lowest BCUT2D eigenvalue weighted by atomic mass is 9.76. The molecule has 3 saturated heterocycles. The van der Waals surface area contributed by atoms with Gasteiger partial charge in [0.05, 0.1) is 18.9 Å². The molecule has 2 aromatic heterocycles. The molecule has 7 nitrogen and oxygen atoms in total. The molecule has 2 amide bonds. The second kappa shape index (κ2) is 9.98. The molecule has 210 valence electrons. The average molecular weight is 560 g/mol. The van der Waals surface area contributed by atoms with Crippen LogP contribution in [0.15, 0.2) is 35.7 Å². The van der Waals surface area contributed by atoms with Gasteiger partial charge in [-0.15, -0.1) is 11.3 Å². The zero-order chi connectivity index (χ0) is 27.5. The number of rotatable bonds is 5. The molecule has 3 aromatic rings. The van der Waals surface area contributed by atoms with Crippen LogP contribution >= 0.6 is 11.3 Å². The highest BCUT2D eigenvalue weighted by Crippen LogP contribution is 2.46. The van der Waals surface area contributed by atoms with Crippen LogP contribution in [0.25, 0.3) is 21.7 Å². The van der Waals surface area contributed by atoms with Crippen molar-refractivity contribution in [2.24, 2.45) is 11.8 Å². The number of benzene rings is 1. The highest BCUT2D eigenvalue weighted by Gasteiger charge is 2.45. The summed E-state index contributed by atoms with van der Waals surface area (Å²) in [6.07, 6.45) is 4.68. The van der Waals surface area contributed by atoms with E-state index < -0.39 is 0 Å². The van der Waals surface area contributed by atoms with Gasteiger partial charge in [0.2, 0.25) is 5.91 Å². The Hall–Kier alpha value is -3.26. The number of carbonyl (C=O) groups excluding carboxylic acids is 2. The lowest BCUT2D eigenvalue weighted by Crippen LogP contribution is -2.61. The van der Waals surface area contributed by atoms with Crippen LogP contribution in [-0.2, 0) is 17.8 Å². The molecule has 3 atom stereocenters. The predicted molar refractivity (Wildman–Crippen MR) is 156 cm³/mol. The van der Waals surface area contributed by atoms with Crippen LogP contribution < -0.4 is 9.47 Å². The first-order valence-electron chi connectivity index (χ1n) is 14.6. The molecule has 3 unspecified atom stereocenters. The summed E-state index contributed by atoms with van der Waals surface area (Å²) in [6.45, 7) is 7.04. The van der Waals surface area contributed by atoms with E-state index in [0.717, 1.165) is 90.8 Å². The SMILES string of the molecule is COc1cc2c(cc1OC(C)C)-c1c(-c3cccs3)cc(C(=O)N3CC4CC(C3)C3CCCC(=O)N3C4)n1CC2. The number of amides is 2. The molecular weight excluding hydrogens is 522 g/mol. The molecule has 40 heavy (non-hydrogen) atoms. The largest absolute Gasteiger partial charge is 0.493 e. The number of hydrogen-bond donors (Lipinski definition) is 0. The van der Waals surface area contributed by atoms with E-state index in [9.17, 15) is 9.59 Å². The zero-order valence-corrected chi connectivity index (χ0v) is 24.3. The predicted octanol–water partition coefficient (Wildman–Crippen LogP) is 5.71. The number of fused-ring (bicyclic) bond motifs is 7. The molecule has 0 spiro atoms. The van der Waals surface area contributed by atoms with Crippen LogP contribution in [0.4, 0.5) is 0 Å². The zero-order valence-electron chi connectivity index (χ0n) is 23.5. The van der Waals surface area contributed by atoms with Gasteiger partial charge in [0, 0.05) is 54.6 Å². The van der Waals surface area contributed by atoms with E-state index in [4.69, 9.17) is 9.47 Å². The second-order valence-electron chi connectivity index (χ2n) is 12.1. The molecule has 2 bridgehead atoms. The van der Waals surface area contributed by atoms with Gasteiger partial charge in [0.15, 0.2) is 11.5 Å². The molecule has 0 radical (unpaired) electrons. The number of hydrogen-bond acceptors (Lipinski definition) is 5. The van der Waals surface area contributed by atoms with Gasteiger partial charge >= 0.3 is 0 Å². The van der Waals surface area contributed by atoms with Crippen LogP contribution in [0.2, 0.25) is 0 Å². The Morgan fingerprint density at radius 1 is 1.07 bits per heavy atom. The summed E-state index contributed by atoms with van der Waals surface area (Å²) in [7, 11) is 1.69. The summed E-state index contributed by atoms with van der Waals surface area (Å²) >= 11 is 1.70. The number of ether oxygens (including phenoxy) is 2. The number of piperidine rings is 3. The molecule has 1 aromatic carbocycles. The lowest BCUT2D eigenvalue weighted by Gasteiger charge is -2.52. The minimum atomic E-state index is 0.0187. The fourth-order valence-electron chi connectivity index (χ4n) is 7.57. The molecule has 6 heterocycles. The first-order valence-corrected chi connectivity index (χ1v) is 15.5. The quantitative estimate of drug-likeness (QED) is 0.402. The van der Waals surface area contributed by atoms with E-state index in [1.807, 2.05) is 13.8 Å². The Morgan fingerprint density at radius 2 is 1.95 bits per heavy atom. The molecule has 0 aliphatic carbocycles. The van der Waals surface area contributed by atoms with E-state index in [2.05, 4.69) is 50.1 Å². The highest BCUT2D eigenvalue weighted by atomic mass is 32.1. The van der Waals surface area contributed by atoms with Crippen molar-refractivity contribution in [1.29, 1.82) is 0 Å². The smallest absolute Gasteiger partial charge is 0.270 e. The standard InChI is InChI=1S/C32H37N3O4S/c1-19(2)39-28-15-23-21(13-27(28)38-3)9-10-34-26(14-24(31(23)34)29-7-5-11-40-29)32(37)33-16-20-12-22(18-33)25-6-4-8-30(36)35(25)17-20/h5,7,11,13-15,19-20,22,25H,4,6,8-10,12,16-18H2,1-3H3. The third kappa shape index (κ3) is 4.23. The minimum Gasteiger partial charge on any atom is -0.493 e. The number of aryl methyl sites for hydroxylation is 1. The Labute approximate surface area is 239 Å². The van der Waals surface area contributed by atoms with Crippen molar-refractivity contribution in [3.05, 3.63) is 47.0 Å². The fraction of sp³-hybridized carbons (Fsp3) is 0.500. The number of aromatic nitrogens is 1. The lowest BCUT2D eigenvalue weighted by molar-refractivity contribution is -0.144. The minimum absolute atomic E-state index is 0.0187. The van der Waals surface area contributed by atoms with E-state index >= 15 is 0 Å². The van der Waals surface area contributed by atoms with Gasteiger partial charge in [-0.25, -0.2) is 0 Å². The van der Waals surface area contributed by atoms with Crippen molar-refractivity contribution in [2.45, 2.75) is 64.6 Å². The topological polar surface area (TPSA) is 64.0 Å². The van der Waals surface area contributed by atoms with E-state index in [1.165, 1.54) is 5.56 Å². The third-order valence-corrected chi connectivity index (χ3v) is 10.1. The maximum absolute atomic E-state index is 14.3. The summed E-state index contributed by atoms with van der Waals surface area (Å²) in [5.74, 6) is 2.63. The number of carbonyl (C=O) groups is 2. The highest BCUT2D eigenvalue weighted by molar-refractivity contribution is 7.13. The molecular formula is C32H37N3O4S. The van der Waals surface area contributed by atoms with Gasteiger partial charge in [-0.05, 0) is 86.6 Å². The molecule has 3 fully saturated rings. The van der Waals surface area contributed by atoms with Crippen LogP contribution in [0.1, 0.15) is 55.6 Å². The first kappa shape index (κ1) is 25.7. The summed E-state index contributed by atoms with van der Waals surface area (Å²) in [4.78, 5) is 32.3. The molecule has 4 aliphatic rings. The van der Waals surface area contributed by atoms with Crippen LogP contribution in [0.5, 0.6) is 11.5 Å². The van der Waals surface area contributed by atoms with Crippen molar-refractivity contribution in [3.63, 3.8) is 0 Å². The van der Waals surface area contributed by atoms with Crippen molar-refractivity contribution in [1.82, 2.24) is 14.4 Å². The van der Waals surface area contributed by atoms with Crippen molar-refractivity contribution < 1.29 is 19.1 Å². The number of likely N-dealkylation sites (tertiary alicyclic amines) is 1. The number of methoxy groups -OCH3 is 1. The van der Waals surface area contributed by atoms with Gasteiger partial charge in [0.1, 0.15) is 5.69 Å². The second-order valence-corrected chi connectivity index (χ2v) is 13.0. The monoisotopic (exact) mass is 559 g/mol.